The topological polar surface area (TPSA) is 72.3 Å². The summed E-state index contributed by atoms with van der Waals surface area (Å²) in [4.78, 5) is 19.0. The van der Waals surface area contributed by atoms with E-state index in [1.165, 1.54) is 0 Å². The molecular formula is C15H15ClN2O3. The molecule has 110 valence electrons. The maximum Gasteiger partial charge on any atom is 0.374 e. The van der Waals surface area contributed by atoms with Crippen molar-refractivity contribution in [2.45, 2.75) is 20.3 Å². The lowest BCUT2D eigenvalue weighted by atomic mass is 10.0. The molecule has 6 heteroatoms. The van der Waals surface area contributed by atoms with Crippen LogP contribution in [0.15, 0.2) is 24.3 Å². The summed E-state index contributed by atoms with van der Waals surface area (Å²) >= 11 is 6.16. The summed E-state index contributed by atoms with van der Waals surface area (Å²) in [5, 5.41) is 9.67. The molecule has 1 heterocycles. The first kappa shape index (κ1) is 15.3. The van der Waals surface area contributed by atoms with Crippen LogP contribution in [0.2, 0.25) is 5.02 Å². The second-order valence-corrected chi connectivity index (χ2v) is 4.83. The molecule has 1 aromatic carbocycles. The van der Waals surface area contributed by atoms with E-state index in [1.54, 1.807) is 13.0 Å². The Hall–Kier alpha value is -2.14. The molecule has 0 fully saturated rings. The van der Waals surface area contributed by atoms with Crippen LogP contribution in [-0.4, -0.2) is 27.7 Å². The summed E-state index contributed by atoms with van der Waals surface area (Å²) in [7, 11) is 0. The fourth-order valence-electron chi connectivity index (χ4n) is 1.96. The Morgan fingerprint density at radius 3 is 2.67 bits per heavy atom. The van der Waals surface area contributed by atoms with Crippen molar-refractivity contribution in [3.63, 3.8) is 0 Å². The van der Waals surface area contributed by atoms with E-state index in [2.05, 4.69) is 9.97 Å². The van der Waals surface area contributed by atoms with Crippen LogP contribution in [-0.2, 0) is 6.42 Å². The molecule has 0 aliphatic rings. The quantitative estimate of drug-likeness (QED) is 0.918. The number of carbonyl (C=O) groups is 1. The van der Waals surface area contributed by atoms with Crippen LogP contribution in [0.5, 0.6) is 5.88 Å². The van der Waals surface area contributed by atoms with Gasteiger partial charge < -0.3 is 9.84 Å². The van der Waals surface area contributed by atoms with E-state index in [-0.39, 0.29) is 5.82 Å². The summed E-state index contributed by atoms with van der Waals surface area (Å²) in [5.41, 5.74) is 2.23. The summed E-state index contributed by atoms with van der Waals surface area (Å²) in [5.74, 6) is -1.15. The van der Waals surface area contributed by atoms with E-state index < -0.39 is 5.97 Å². The Morgan fingerprint density at radius 1 is 1.33 bits per heavy atom. The van der Waals surface area contributed by atoms with Crippen LogP contribution >= 0.6 is 11.6 Å². The zero-order valence-corrected chi connectivity index (χ0v) is 12.5. The van der Waals surface area contributed by atoms with Gasteiger partial charge in [0.15, 0.2) is 0 Å². The van der Waals surface area contributed by atoms with Crippen molar-refractivity contribution < 1.29 is 14.6 Å². The molecule has 21 heavy (non-hydrogen) atoms. The minimum atomic E-state index is -1.18. The molecule has 1 N–H and O–H groups in total. The Labute approximate surface area is 127 Å². The van der Waals surface area contributed by atoms with Gasteiger partial charge in [0.05, 0.1) is 6.61 Å². The Morgan fingerprint density at radius 2 is 2.05 bits per heavy atom. The number of aromatic carboxylic acids is 1. The third-order valence-corrected chi connectivity index (χ3v) is 3.34. The molecule has 0 aliphatic heterocycles. The zero-order chi connectivity index (χ0) is 15.4. The molecule has 0 amide bonds. The van der Waals surface area contributed by atoms with E-state index in [4.69, 9.17) is 21.4 Å². The Bertz CT molecular complexity index is 674. The van der Waals surface area contributed by atoms with Crippen molar-refractivity contribution in [2.24, 2.45) is 0 Å². The third-order valence-electron chi connectivity index (χ3n) is 2.97. The van der Waals surface area contributed by atoms with Crippen molar-refractivity contribution in [3.8, 4) is 5.88 Å². The van der Waals surface area contributed by atoms with Gasteiger partial charge in [0, 0.05) is 22.7 Å². The number of aryl methyl sites for hydroxylation is 1. The number of ether oxygens (including phenoxy) is 1. The van der Waals surface area contributed by atoms with Crippen LogP contribution in [0.25, 0.3) is 0 Å². The van der Waals surface area contributed by atoms with E-state index >= 15 is 0 Å². The van der Waals surface area contributed by atoms with Crippen LogP contribution in [0.4, 0.5) is 0 Å². The number of carboxylic acids is 1. The first-order chi connectivity index (χ1) is 10.0. The number of rotatable bonds is 5. The molecule has 0 radical (unpaired) electrons. The molecule has 0 unspecified atom stereocenters. The van der Waals surface area contributed by atoms with Gasteiger partial charge in [-0.2, -0.15) is 4.98 Å². The number of benzene rings is 1. The fraction of sp³-hybridized carbons (Fsp3) is 0.267. The van der Waals surface area contributed by atoms with E-state index in [0.29, 0.717) is 29.6 Å². The largest absolute Gasteiger partial charge is 0.478 e. The van der Waals surface area contributed by atoms with Gasteiger partial charge in [0.1, 0.15) is 0 Å². The van der Waals surface area contributed by atoms with Crippen molar-refractivity contribution in [3.05, 3.63) is 51.9 Å². The van der Waals surface area contributed by atoms with Gasteiger partial charge in [-0.1, -0.05) is 29.8 Å². The van der Waals surface area contributed by atoms with Gasteiger partial charge in [-0.25, -0.2) is 9.78 Å². The van der Waals surface area contributed by atoms with E-state index in [1.807, 2.05) is 25.1 Å². The number of carboxylic acid groups (broad SMARTS) is 1. The first-order valence-electron chi connectivity index (χ1n) is 6.50. The maximum atomic E-state index is 11.0. The Kier molecular flexibility index (Phi) is 4.75. The second kappa shape index (κ2) is 6.54. The second-order valence-electron chi connectivity index (χ2n) is 4.42. The SMILES string of the molecule is CCOc1nc(C(=O)O)nc(C)c1Cc1ccccc1Cl. The highest BCUT2D eigenvalue weighted by Gasteiger charge is 2.17. The minimum absolute atomic E-state index is 0.265. The molecule has 0 atom stereocenters. The predicted octanol–water partition coefficient (Wildman–Crippen LogP) is 3.13. The van der Waals surface area contributed by atoms with Crippen LogP contribution in [0.3, 0.4) is 0 Å². The zero-order valence-electron chi connectivity index (χ0n) is 11.8. The highest BCUT2D eigenvalue weighted by atomic mass is 35.5. The van der Waals surface area contributed by atoms with Gasteiger partial charge in [-0.3, -0.25) is 0 Å². The molecule has 1 aromatic heterocycles. The lowest BCUT2D eigenvalue weighted by Crippen LogP contribution is -2.11. The maximum absolute atomic E-state index is 11.0. The molecular weight excluding hydrogens is 292 g/mol. The molecule has 0 saturated carbocycles. The van der Waals surface area contributed by atoms with Gasteiger partial charge in [0.2, 0.25) is 11.7 Å². The number of nitrogens with zero attached hydrogens (tertiary/aromatic N) is 2. The number of hydrogen-bond acceptors (Lipinski definition) is 4. The third kappa shape index (κ3) is 3.49. The lowest BCUT2D eigenvalue weighted by Gasteiger charge is -2.13. The average molecular weight is 307 g/mol. The molecule has 2 rings (SSSR count). The molecule has 0 spiro atoms. The highest BCUT2D eigenvalue weighted by Crippen LogP contribution is 2.26. The first-order valence-corrected chi connectivity index (χ1v) is 6.87. The molecule has 5 nitrogen and oxygen atoms in total. The minimum Gasteiger partial charge on any atom is -0.478 e. The summed E-state index contributed by atoms with van der Waals surface area (Å²) in [6, 6.07) is 7.46. The average Bonchev–Trinajstić information content (AvgIpc) is 2.44. The summed E-state index contributed by atoms with van der Waals surface area (Å²) in [6.45, 7) is 3.95. The molecule has 0 bridgehead atoms. The number of hydrogen-bond donors (Lipinski definition) is 1. The fourth-order valence-corrected chi connectivity index (χ4v) is 2.16. The molecule has 0 saturated heterocycles. The van der Waals surface area contributed by atoms with Crippen LogP contribution in [0, 0.1) is 6.92 Å². The summed E-state index contributed by atoms with van der Waals surface area (Å²) in [6.07, 6.45) is 0.487. The van der Waals surface area contributed by atoms with Gasteiger partial charge in [-0.15, -0.1) is 0 Å². The van der Waals surface area contributed by atoms with E-state index in [9.17, 15) is 4.79 Å². The van der Waals surface area contributed by atoms with Gasteiger partial charge in [-0.05, 0) is 25.5 Å². The van der Waals surface area contributed by atoms with Crippen molar-refractivity contribution >= 4 is 17.6 Å². The Balaban J connectivity index is 2.47. The monoisotopic (exact) mass is 306 g/mol. The molecule has 2 aromatic rings. The van der Waals surface area contributed by atoms with Gasteiger partial charge >= 0.3 is 5.97 Å². The van der Waals surface area contributed by atoms with Crippen molar-refractivity contribution in [2.75, 3.05) is 6.61 Å². The van der Waals surface area contributed by atoms with E-state index in [0.717, 1.165) is 11.1 Å². The highest BCUT2D eigenvalue weighted by molar-refractivity contribution is 6.31. The normalized spacial score (nSPS) is 10.4. The lowest BCUT2D eigenvalue weighted by molar-refractivity contribution is 0.0681. The van der Waals surface area contributed by atoms with Crippen molar-refractivity contribution in [1.82, 2.24) is 9.97 Å². The standard InChI is InChI=1S/C15H15ClN2O3/c1-3-21-14-11(8-10-6-4-5-7-12(10)16)9(2)17-13(18-14)15(19)20/h4-7H,3,8H2,1-2H3,(H,19,20). The van der Waals surface area contributed by atoms with Crippen LogP contribution in [0.1, 0.15) is 34.4 Å². The predicted molar refractivity (Wildman–Crippen MR) is 79.2 cm³/mol. The number of aromatic nitrogens is 2. The number of halogens is 1. The van der Waals surface area contributed by atoms with Crippen LogP contribution < -0.4 is 4.74 Å². The smallest absolute Gasteiger partial charge is 0.374 e. The van der Waals surface area contributed by atoms with Crippen molar-refractivity contribution in [1.29, 1.82) is 0 Å². The van der Waals surface area contributed by atoms with Gasteiger partial charge in [0.25, 0.3) is 0 Å². The summed E-state index contributed by atoms with van der Waals surface area (Å²) < 4.78 is 5.46. The molecule has 0 aliphatic carbocycles.